The van der Waals surface area contributed by atoms with Crippen LogP contribution < -0.4 is 5.32 Å². The number of carbonyl (C=O) groups is 1. The van der Waals surface area contributed by atoms with Gasteiger partial charge in [-0.2, -0.15) is 0 Å². The number of nitrogens with zero attached hydrogens (tertiary/aromatic N) is 2. The van der Waals surface area contributed by atoms with Crippen LogP contribution in [0.1, 0.15) is 26.6 Å². The van der Waals surface area contributed by atoms with Gasteiger partial charge < -0.3 is 14.6 Å². The maximum absolute atomic E-state index is 11.7. The second-order valence-electron chi connectivity index (χ2n) is 3.71. The van der Waals surface area contributed by atoms with E-state index in [9.17, 15) is 4.79 Å². The van der Waals surface area contributed by atoms with Gasteiger partial charge in [-0.25, -0.2) is 4.98 Å². The van der Waals surface area contributed by atoms with Crippen LogP contribution >= 0.6 is 0 Å². The Morgan fingerprint density at radius 3 is 2.88 bits per heavy atom. The fourth-order valence-corrected chi connectivity index (χ4v) is 1.73. The normalized spacial score (nSPS) is 12.4. The van der Waals surface area contributed by atoms with Crippen molar-refractivity contribution in [3.63, 3.8) is 0 Å². The first-order chi connectivity index (χ1) is 8.22. The monoisotopic (exact) mass is 239 g/mol. The van der Waals surface area contributed by atoms with Crippen molar-refractivity contribution in [1.29, 1.82) is 0 Å². The molecule has 0 aliphatic heterocycles. The van der Waals surface area contributed by atoms with Gasteiger partial charge in [0, 0.05) is 25.4 Å². The SMILES string of the molecule is CCNC(Cn1ccnc1CC)C(=O)OCC. The van der Waals surface area contributed by atoms with Crippen LogP contribution in [0, 0.1) is 0 Å². The molecule has 1 unspecified atom stereocenters. The standard InChI is InChI=1S/C12H21N3O2/c1-4-11-14-7-8-15(11)9-10(13-5-2)12(16)17-6-3/h7-8,10,13H,4-6,9H2,1-3H3. The Hall–Kier alpha value is -1.36. The molecule has 1 atom stereocenters. The van der Waals surface area contributed by atoms with Crippen LogP contribution in [-0.4, -0.2) is 34.7 Å². The zero-order valence-electron chi connectivity index (χ0n) is 10.8. The third-order valence-electron chi connectivity index (χ3n) is 2.52. The van der Waals surface area contributed by atoms with Gasteiger partial charge in [-0.05, 0) is 13.5 Å². The van der Waals surface area contributed by atoms with Crippen molar-refractivity contribution >= 4 is 5.97 Å². The first-order valence-electron chi connectivity index (χ1n) is 6.12. The highest BCUT2D eigenvalue weighted by Crippen LogP contribution is 2.02. The Morgan fingerprint density at radius 1 is 1.53 bits per heavy atom. The van der Waals surface area contributed by atoms with Gasteiger partial charge in [-0.3, -0.25) is 4.79 Å². The van der Waals surface area contributed by atoms with Crippen LogP contribution in [0.15, 0.2) is 12.4 Å². The number of likely N-dealkylation sites (N-methyl/N-ethyl adjacent to an activating group) is 1. The third-order valence-corrected chi connectivity index (χ3v) is 2.52. The molecule has 0 aromatic carbocycles. The number of ether oxygens (including phenoxy) is 1. The molecule has 1 heterocycles. The number of esters is 1. The van der Waals surface area contributed by atoms with Gasteiger partial charge >= 0.3 is 5.97 Å². The van der Waals surface area contributed by atoms with Crippen molar-refractivity contribution in [2.45, 2.75) is 39.8 Å². The van der Waals surface area contributed by atoms with Crippen LogP contribution in [0.3, 0.4) is 0 Å². The van der Waals surface area contributed by atoms with E-state index in [1.807, 2.05) is 31.5 Å². The predicted octanol–water partition coefficient (Wildman–Crippen LogP) is 0.987. The maximum atomic E-state index is 11.7. The van der Waals surface area contributed by atoms with Crippen LogP contribution in [-0.2, 0) is 22.5 Å². The fourth-order valence-electron chi connectivity index (χ4n) is 1.73. The van der Waals surface area contributed by atoms with Crippen molar-refractivity contribution in [2.24, 2.45) is 0 Å². The summed E-state index contributed by atoms with van der Waals surface area (Å²) >= 11 is 0. The molecule has 17 heavy (non-hydrogen) atoms. The van der Waals surface area contributed by atoms with E-state index in [1.165, 1.54) is 0 Å². The van der Waals surface area contributed by atoms with E-state index < -0.39 is 0 Å². The molecule has 0 aliphatic rings. The number of carbonyl (C=O) groups excluding carboxylic acids is 1. The lowest BCUT2D eigenvalue weighted by molar-refractivity contribution is -0.146. The average Bonchev–Trinajstić information content (AvgIpc) is 2.76. The van der Waals surface area contributed by atoms with E-state index in [1.54, 1.807) is 6.20 Å². The number of rotatable bonds is 7. The molecular weight excluding hydrogens is 218 g/mol. The number of nitrogens with one attached hydrogen (secondary N) is 1. The molecule has 1 N–H and O–H groups in total. The molecule has 0 saturated carbocycles. The number of aryl methyl sites for hydroxylation is 1. The molecule has 0 aliphatic carbocycles. The van der Waals surface area contributed by atoms with Gasteiger partial charge in [0.15, 0.2) is 0 Å². The molecule has 5 heteroatoms. The number of hydrogen-bond donors (Lipinski definition) is 1. The highest BCUT2D eigenvalue weighted by atomic mass is 16.5. The van der Waals surface area contributed by atoms with Gasteiger partial charge in [0.25, 0.3) is 0 Å². The zero-order chi connectivity index (χ0) is 12.7. The summed E-state index contributed by atoms with van der Waals surface area (Å²) in [6.45, 7) is 7.54. The van der Waals surface area contributed by atoms with Crippen LogP contribution in [0.2, 0.25) is 0 Å². The highest BCUT2D eigenvalue weighted by Gasteiger charge is 2.19. The summed E-state index contributed by atoms with van der Waals surface area (Å²) in [4.78, 5) is 16.0. The molecule has 1 aromatic heterocycles. The van der Waals surface area contributed by atoms with E-state index in [4.69, 9.17) is 4.74 Å². The van der Waals surface area contributed by atoms with Crippen LogP contribution in [0.4, 0.5) is 0 Å². The molecule has 0 amide bonds. The number of hydrogen-bond acceptors (Lipinski definition) is 4. The Kier molecular flexibility index (Phi) is 5.69. The lowest BCUT2D eigenvalue weighted by Gasteiger charge is -2.17. The lowest BCUT2D eigenvalue weighted by atomic mass is 10.3. The zero-order valence-corrected chi connectivity index (χ0v) is 10.8. The van der Waals surface area contributed by atoms with Gasteiger partial charge in [-0.15, -0.1) is 0 Å². The predicted molar refractivity (Wildman–Crippen MR) is 65.7 cm³/mol. The minimum Gasteiger partial charge on any atom is -0.465 e. The van der Waals surface area contributed by atoms with Gasteiger partial charge in [0.05, 0.1) is 6.61 Å². The summed E-state index contributed by atoms with van der Waals surface area (Å²) in [5, 5.41) is 3.13. The fraction of sp³-hybridized carbons (Fsp3) is 0.667. The van der Waals surface area contributed by atoms with Crippen LogP contribution in [0.25, 0.3) is 0 Å². The van der Waals surface area contributed by atoms with Crippen LogP contribution in [0.5, 0.6) is 0 Å². The quantitative estimate of drug-likeness (QED) is 0.721. The molecule has 0 radical (unpaired) electrons. The second kappa shape index (κ2) is 7.06. The Morgan fingerprint density at radius 2 is 2.29 bits per heavy atom. The molecule has 1 aromatic rings. The average molecular weight is 239 g/mol. The Bertz CT molecular complexity index is 349. The summed E-state index contributed by atoms with van der Waals surface area (Å²) in [7, 11) is 0. The summed E-state index contributed by atoms with van der Waals surface area (Å²) < 4.78 is 7.03. The smallest absolute Gasteiger partial charge is 0.324 e. The summed E-state index contributed by atoms with van der Waals surface area (Å²) in [6.07, 6.45) is 4.50. The summed E-state index contributed by atoms with van der Waals surface area (Å²) in [5.41, 5.74) is 0. The minimum absolute atomic E-state index is 0.204. The van der Waals surface area contributed by atoms with Crippen molar-refractivity contribution in [1.82, 2.24) is 14.9 Å². The Labute approximate surface area is 102 Å². The number of imidazole rings is 1. The second-order valence-corrected chi connectivity index (χ2v) is 3.71. The highest BCUT2D eigenvalue weighted by molar-refractivity contribution is 5.75. The largest absolute Gasteiger partial charge is 0.465 e. The van der Waals surface area contributed by atoms with Crippen molar-refractivity contribution < 1.29 is 9.53 Å². The summed E-state index contributed by atoms with van der Waals surface area (Å²) in [5.74, 6) is 0.780. The van der Waals surface area contributed by atoms with E-state index in [0.29, 0.717) is 13.2 Å². The summed E-state index contributed by atoms with van der Waals surface area (Å²) in [6, 6.07) is -0.306. The molecule has 96 valence electrons. The molecule has 1 rings (SSSR count). The minimum atomic E-state index is -0.306. The van der Waals surface area contributed by atoms with Crippen molar-refractivity contribution in [3.05, 3.63) is 18.2 Å². The first kappa shape index (κ1) is 13.7. The van der Waals surface area contributed by atoms with Crippen molar-refractivity contribution in [3.8, 4) is 0 Å². The third kappa shape index (κ3) is 3.85. The lowest BCUT2D eigenvalue weighted by Crippen LogP contribution is -2.41. The molecule has 0 spiro atoms. The van der Waals surface area contributed by atoms with Gasteiger partial charge in [0.1, 0.15) is 11.9 Å². The molecular formula is C12H21N3O2. The van der Waals surface area contributed by atoms with E-state index in [0.717, 1.165) is 18.8 Å². The molecule has 5 nitrogen and oxygen atoms in total. The maximum Gasteiger partial charge on any atom is 0.324 e. The van der Waals surface area contributed by atoms with Crippen molar-refractivity contribution in [2.75, 3.05) is 13.2 Å². The number of aromatic nitrogens is 2. The molecule has 0 bridgehead atoms. The van der Waals surface area contributed by atoms with E-state index in [-0.39, 0.29) is 12.0 Å². The van der Waals surface area contributed by atoms with Gasteiger partial charge in [0.2, 0.25) is 0 Å². The van der Waals surface area contributed by atoms with E-state index >= 15 is 0 Å². The topological polar surface area (TPSA) is 56.2 Å². The molecule has 0 saturated heterocycles. The first-order valence-corrected chi connectivity index (χ1v) is 6.12. The molecule has 0 fully saturated rings. The van der Waals surface area contributed by atoms with Gasteiger partial charge in [-0.1, -0.05) is 13.8 Å². The Balaban J connectivity index is 2.69. The van der Waals surface area contributed by atoms with E-state index in [2.05, 4.69) is 10.3 Å².